The largest absolute Gasteiger partial charge is 0.352 e. The maximum atomic E-state index is 5.77. The Morgan fingerprint density at radius 1 is 0.944 bits per heavy atom. The van der Waals surface area contributed by atoms with Crippen LogP contribution in [0.1, 0.15) is 45.4 Å². The van der Waals surface area contributed by atoms with Gasteiger partial charge in [0.15, 0.2) is 6.29 Å². The van der Waals surface area contributed by atoms with Crippen molar-refractivity contribution in [3.63, 3.8) is 0 Å². The van der Waals surface area contributed by atoms with Gasteiger partial charge in [0.05, 0.1) is 13.2 Å². The van der Waals surface area contributed by atoms with Crippen LogP contribution in [0, 0.1) is 11.8 Å². The van der Waals surface area contributed by atoms with E-state index in [1.165, 1.54) is 38.5 Å². The van der Waals surface area contributed by atoms with E-state index in [-0.39, 0.29) is 6.29 Å². The van der Waals surface area contributed by atoms with E-state index < -0.39 is 0 Å². The number of hydrogen-bond acceptors (Lipinski definition) is 2. The molecule has 0 aliphatic heterocycles. The summed E-state index contributed by atoms with van der Waals surface area (Å²) in [6.07, 6.45) is 16.6. The Balaban J connectivity index is 1.58. The van der Waals surface area contributed by atoms with E-state index in [1.807, 2.05) is 6.92 Å². The molecule has 0 N–H and O–H groups in total. The number of hydrogen-bond donors (Lipinski definition) is 0. The zero-order chi connectivity index (χ0) is 12.6. The topological polar surface area (TPSA) is 18.5 Å². The van der Waals surface area contributed by atoms with Gasteiger partial charge in [0.1, 0.15) is 0 Å². The van der Waals surface area contributed by atoms with E-state index in [0.29, 0.717) is 11.8 Å². The SMILES string of the molecule is CC(OCC1C=CCCC1)OCC1C=CCCC1. The third-order valence-corrected chi connectivity index (χ3v) is 3.80. The molecule has 0 fully saturated rings. The zero-order valence-electron chi connectivity index (χ0n) is 11.5. The van der Waals surface area contributed by atoms with Crippen LogP contribution >= 0.6 is 0 Å². The second kappa shape index (κ2) is 7.75. The monoisotopic (exact) mass is 250 g/mol. The van der Waals surface area contributed by atoms with Crippen LogP contribution in [0.25, 0.3) is 0 Å². The molecule has 18 heavy (non-hydrogen) atoms. The van der Waals surface area contributed by atoms with Gasteiger partial charge in [0, 0.05) is 11.8 Å². The first kappa shape index (κ1) is 13.8. The molecule has 0 aromatic heterocycles. The summed E-state index contributed by atoms with van der Waals surface area (Å²) in [5, 5.41) is 0. The van der Waals surface area contributed by atoms with Crippen molar-refractivity contribution in [3.8, 4) is 0 Å². The summed E-state index contributed by atoms with van der Waals surface area (Å²) in [7, 11) is 0. The predicted molar refractivity (Wildman–Crippen MR) is 74.3 cm³/mol. The van der Waals surface area contributed by atoms with E-state index in [2.05, 4.69) is 24.3 Å². The minimum absolute atomic E-state index is 0.0735. The van der Waals surface area contributed by atoms with Crippen molar-refractivity contribution >= 4 is 0 Å². The van der Waals surface area contributed by atoms with E-state index >= 15 is 0 Å². The molecule has 0 bridgehead atoms. The first-order chi connectivity index (χ1) is 8.84. The average molecular weight is 250 g/mol. The lowest BCUT2D eigenvalue weighted by molar-refractivity contribution is -0.141. The summed E-state index contributed by atoms with van der Waals surface area (Å²) in [6, 6.07) is 0. The summed E-state index contributed by atoms with van der Waals surface area (Å²) in [6.45, 7) is 3.62. The average Bonchev–Trinajstić information content (AvgIpc) is 2.45. The van der Waals surface area contributed by atoms with Gasteiger partial charge in [-0.3, -0.25) is 0 Å². The molecule has 2 nitrogen and oxygen atoms in total. The van der Waals surface area contributed by atoms with Gasteiger partial charge < -0.3 is 9.47 Å². The Morgan fingerprint density at radius 2 is 1.44 bits per heavy atom. The summed E-state index contributed by atoms with van der Waals surface area (Å²) in [5.41, 5.74) is 0. The van der Waals surface area contributed by atoms with Crippen molar-refractivity contribution in [1.82, 2.24) is 0 Å². The standard InChI is InChI=1S/C16H26O2/c1-14(17-12-15-8-4-2-5-9-15)18-13-16-10-6-3-7-11-16/h4,6,8,10,14-16H,2-3,5,7,9,11-13H2,1H3. The fourth-order valence-corrected chi connectivity index (χ4v) is 2.61. The highest BCUT2D eigenvalue weighted by Crippen LogP contribution is 2.19. The molecule has 2 rings (SSSR count). The second-order valence-corrected chi connectivity index (χ2v) is 5.47. The third kappa shape index (κ3) is 4.95. The van der Waals surface area contributed by atoms with Crippen LogP contribution in [0.2, 0.25) is 0 Å². The summed E-state index contributed by atoms with van der Waals surface area (Å²) in [5.74, 6) is 1.19. The van der Waals surface area contributed by atoms with Gasteiger partial charge in [-0.2, -0.15) is 0 Å². The van der Waals surface area contributed by atoms with Crippen molar-refractivity contribution in [2.24, 2.45) is 11.8 Å². The Bertz CT molecular complexity index is 255. The van der Waals surface area contributed by atoms with Crippen molar-refractivity contribution in [1.29, 1.82) is 0 Å². The number of allylic oxidation sites excluding steroid dienone is 2. The van der Waals surface area contributed by atoms with E-state index in [9.17, 15) is 0 Å². The summed E-state index contributed by atoms with van der Waals surface area (Å²) in [4.78, 5) is 0. The van der Waals surface area contributed by atoms with Crippen molar-refractivity contribution < 1.29 is 9.47 Å². The molecule has 0 saturated carbocycles. The molecule has 0 radical (unpaired) electrons. The van der Waals surface area contributed by atoms with Crippen LogP contribution in [0.5, 0.6) is 0 Å². The molecule has 2 aliphatic rings. The molecule has 2 heteroatoms. The van der Waals surface area contributed by atoms with Gasteiger partial charge in [-0.05, 0) is 45.4 Å². The lowest BCUT2D eigenvalue weighted by Crippen LogP contribution is -2.21. The van der Waals surface area contributed by atoms with Gasteiger partial charge in [-0.15, -0.1) is 0 Å². The molecule has 0 aromatic carbocycles. The van der Waals surface area contributed by atoms with Gasteiger partial charge in [-0.1, -0.05) is 24.3 Å². The fraction of sp³-hybridized carbons (Fsp3) is 0.750. The minimum atomic E-state index is -0.0735. The van der Waals surface area contributed by atoms with Gasteiger partial charge in [0.2, 0.25) is 0 Å². The van der Waals surface area contributed by atoms with Crippen LogP contribution in [0.15, 0.2) is 24.3 Å². The van der Waals surface area contributed by atoms with Crippen LogP contribution in [-0.4, -0.2) is 19.5 Å². The quantitative estimate of drug-likeness (QED) is 0.522. The van der Waals surface area contributed by atoms with Crippen LogP contribution in [-0.2, 0) is 9.47 Å². The highest BCUT2D eigenvalue weighted by molar-refractivity contribution is 4.93. The van der Waals surface area contributed by atoms with Gasteiger partial charge >= 0.3 is 0 Å². The predicted octanol–water partition coefficient (Wildman–Crippen LogP) is 4.08. The van der Waals surface area contributed by atoms with E-state index in [1.54, 1.807) is 0 Å². The maximum absolute atomic E-state index is 5.77. The third-order valence-electron chi connectivity index (χ3n) is 3.80. The van der Waals surface area contributed by atoms with Gasteiger partial charge in [0.25, 0.3) is 0 Å². The number of ether oxygens (including phenoxy) is 2. The molecule has 2 atom stereocenters. The van der Waals surface area contributed by atoms with Crippen molar-refractivity contribution in [2.45, 2.75) is 51.7 Å². The molecule has 102 valence electrons. The van der Waals surface area contributed by atoms with Crippen LogP contribution < -0.4 is 0 Å². The fourth-order valence-electron chi connectivity index (χ4n) is 2.61. The molecular formula is C16H26O2. The Kier molecular flexibility index (Phi) is 5.95. The molecular weight excluding hydrogens is 224 g/mol. The van der Waals surface area contributed by atoms with Crippen molar-refractivity contribution in [2.75, 3.05) is 13.2 Å². The zero-order valence-corrected chi connectivity index (χ0v) is 11.5. The van der Waals surface area contributed by atoms with E-state index in [0.717, 1.165) is 13.2 Å². The lowest BCUT2D eigenvalue weighted by atomic mass is 9.97. The first-order valence-corrected chi connectivity index (χ1v) is 7.41. The first-order valence-electron chi connectivity index (χ1n) is 7.41. The lowest BCUT2D eigenvalue weighted by Gasteiger charge is -2.22. The minimum Gasteiger partial charge on any atom is -0.352 e. The van der Waals surface area contributed by atoms with Gasteiger partial charge in [-0.25, -0.2) is 0 Å². The van der Waals surface area contributed by atoms with Crippen LogP contribution in [0.3, 0.4) is 0 Å². The number of rotatable bonds is 6. The van der Waals surface area contributed by atoms with Crippen LogP contribution in [0.4, 0.5) is 0 Å². The molecule has 0 amide bonds. The normalized spacial score (nSPS) is 29.4. The molecule has 0 spiro atoms. The highest BCUT2D eigenvalue weighted by atomic mass is 16.7. The smallest absolute Gasteiger partial charge is 0.154 e. The highest BCUT2D eigenvalue weighted by Gasteiger charge is 2.13. The molecule has 0 saturated heterocycles. The Hall–Kier alpha value is -0.600. The summed E-state index contributed by atoms with van der Waals surface area (Å²) >= 11 is 0. The molecule has 2 aliphatic carbocycles. The molecule has 0 aromatic rings. The maximum Gasteiger partial charge on any atom is 0.154 e. The summed E-state index contributed by atoms with van der Waals surface area (Å²) < 4.78 is 11.5. The van der Waals surface area contributed by atoms with Crippen molar-refractivity contribution in [3.05, 3.63) is 24.3 Å². The molecule has 0 heterocycles. The Morgan fingerprint density at radius 3 is 1.83 bits per heavy atom. The Labute approximate surface area is 111 Å². The molecule has 2 unspecified atom stereocenters. The van der Waals surface area contributed by atoms with E-state index in [4.69, 9.17) is 9.47 Å². The second-order valence-electron chi connectivity index (χ2n) is 5.47.